The SMILES string of the molecule is O=S(=O)(NCc1cccnc1OCC(F)(F)F)c1ccc2c(c1)CCO2. The van der Waals surface area contributed by atoms with Crippen LogP contribution in [0.5, 0.6) is 11.6 Å². The van der Waals surface area contributed by atoms with Gasteiger partial charge in [0.05, 0.1) is 11.5 Å². The molecule has 0 radical (unpaired) electrons. The summed E-state index contributed by atoms with van der Waals surface area (Å²) in [7, 11) is -3.85. The predicted molar refractivity (Wildman–Crippen MR) is 85.5 cm³/mol. The minimum Gasteiger partial charge on any atom is -0.493 e. The molecule has 0 bridgehead atoms. The molecule has 1 aromatic carbocycles. The number of benzene rings is 1. The van der Waals surface area contributed by atoms with Crippen LogP contribution in [-0.2, 0) is 23.0 Å². The summed E-state index contributed by atoms with van der Waals surface area (Å²) < 4.78 is 74.1. The molecule has 140 valence electrons. The Morgan fingerprint density at radius 1 is 1.27 bits per heavy atom. The predicted octanol–water partition coefficient (Wildman–Crippen LogP) is 2.44. The molecular weight excluding hydrogens is 373 g/mol. The standard InChI is InChI=1S/C16H15F3N2O4S/c17-16(18,19)10-25-15-12(2-1-6-20-15)9-21-26(22,23)13-3-4-14-11(8-13)5-7-24-14/h1-4,6,8,21H,5,7,9-10H2. The van der Waals surface area contributed by atoms with Gasteiger partial charge in [0, 0.05) is 24.7 Å². The smallest absolute Gasteiger partial charge is 0.422 e. The van der Waals surface area contributed by atoms with E-state index in [0.717, 1.165) is 5.56 Å². The van der Waals surface area contributed by atoms with Gasteiger partial charge in [0.25, 0.3) is 0 Å². The third-order valence-electron chi connectivity index (χ3n) is 3.65. The topological polar surface area (TPSA) is 77.5 Å². The average Bonchev–Trinajstić information content (AvgIpc) is 3.06. The second-order valence-electron chi connectivity index (χ2n) is 5.56. The highest BCUT2D eigenvalue weighted by atomic mass is 32.2. The fourth-order valence-corrected chi connectivity index (χ4v) is 3.48. The summed E-state index contributed by atoms with van der Waals surface area (Å²) in [6, 6.07) is 7.44. The van der Waals surface area contributed by atoms with Crippen LogP contribution in [0.2, 0.25) is 0 Å². The molecule has 26 heavy (non-hydrogen) atoms. The maximum atomic E-state index is 12.4. The summed E-state index contributed by atoms with van der Waals surface area (Å²) in [5.74, 6) is 0.383. The van der Waals surface area contributed by atoms with Crippen LogP contribution in [0.3, 0.4) is 0 Å². The first kappa shape index (κ1) is 18.5. The van der Waals surface area contributed by atoms with E-state index in [9.17, 15) is 21.6 Å². The second kappa shape index (κ2) is 7.12. The first-order chi connectivity index (χ1) is 12.2. The second-order valence-corrected chi connectivity index (χ2v) is 7.33. The molecular formula is C16H15F3N2O4S. The molecule has 0 saturated heterocycles. The van der Waals surface area contributed by atoms with E-state index in [2.05, 4.69) is 14.4 Å². The number of alkyl halides is 3. The third kappa shape index (κ3) is 4.44. The summed E-state index contributed by atoms with van der Waals surface area (Å²) in [5, 5.41) is 0. The van der Waals surface area contributed by atoms with Gasteiger partial charge in [-0.25, -0.2) is 18.1 Å². The molecule has 2 heterocycles. The molecule has 1 N–H and O–H groups in total. The fraction of sp³-hybridized carbons (Fsp3) is 0.312. The van der Waals surface area contributed by atoms with Crippen molar-refractivity contribution in [3.8, 4) is 11.6 Å². The van der Waals surface area contributed by atoms with Crippen molar-refractivity contribution < 1.29 is 31.1 Å². The molecule has 0 amide bonds. The van der Waals surface area contributed by atoms with Crippen molar-refractivity contribution in [3.63, 3.8) is 0 Å². The number of fused-ring (bicyclic) bond motifs is 1. The zero-order valence-electron chi connectivity index (χ0n) is 13.4. The van der Waals surface area contributed by atoms with Crippen LogP contribution in [0.1, 0.15) is 11.1 Å². The number of nitrogens with zero attached hydrogens (tertiary/aromatic N) is 1. The minimum absolute atomic E-state index is 0.0587. The number of rotatable bonds is 6. The van der Waals surface area contributed by atoms with Crippen LogP contribution in [0.25, 0.3) is 0 Å². The van der Waals surface area contributed by atoms with Crippen LogP contribution in [0.4, 0.5) is 13.2 Å². The van der Waals surface area contributed by atoms with Crippen molar-refractivity contribution in [2.24, 2.45) is 0 Å². The zero-order valence-corrected chi connectivity index (χ0v) is 14.2. The monoisotopic (exact) mass is 388 g/mol. The molecule has 0 atom stereocenters. The van der Waals surface area contributed by atoms with Gasteiger partial charge in [-0.3, -0.25) is 0 Å². The lowest BCUT2D eigenvalue weighted by Gasteiger charge is -2.13. The number of sulfonamides is 1. The Morgan fingerprint density at radius 2 is 2.08 bits per heavy atom. The van der Waals surface area contributed by atoms with Gasteiger partial charge in [-0.05, 0) is 29.8 Å². The van der Waals surface area contributed by atoms with Crippen LogP contribution in [0, 0.1) is 0 Å². The van der Waals surface area contributed by atoms with E-state index in [1.54, 1.807) is 6.07 Å². The Balaban J connectivity index is 1.72. The highest BCUT2D eigenvalue weighted by Crippen LogP contribution is 2.28. The number of aromatic nitrogens is 1. The van der Waals surface area contributed by atoms with Gasteiger partial charge < -0.3 is 9.47 Å². The summed E-state index contributed by atoms with van der Waals surface area (Å²) in [5.41, 5.74) is 0.994. The maximum Gasteiger partial charge on any atom is 0.422 e. The van der Waals surface area contributed by atoms with Gasteiger partial charge in [-0.15, -0.1) is 0 Å². The molecule has 1 aliphatic rings. The normalized spacial score (nSPS) is 14.0. The molecule has 3 rings (SSSR count). The van der Waals surface area contributed by atoms with Gasteiger partial charge >= 0.3 is 6.18 Å². The first-order valence-electron chi connectivity index (χ1n) is 7.63. The first-order valence-corrected chi connectivity index (χ1v) is 9.12. The zero-order chi connectivity index (χ0) is 18.8. The van der Waals surface area contributed by atoms with E-state index in [1.165, 1.54) is 30.5 Å². The lowest BCUT2D eigenvalue weighted by atomic mass is 10.2. The van der Waals surface area contributed by atoms with E-state index in [4.69, 9.17) is 4.74 Å². The third-order valence-corrected chi connectivity index (χ3v) is 5.05. The molecule has 0 fully saturated rings. The van der Waals surface area contributed by atoms with E-state index >= 15 is 0 Å². The van der Waals surface area contributed by atoms with Gasteiger partial charge in [-0.1, -0.05) is 6.07 Å². The van der Waals surface area contributed by atoms with Gasteiger partial charge in [0.15, 0.2) is 6.61 Å². The van der Waals surface area contributed by atoms with Gasteiger partial charge in [0.1, 0.15) is 5.75 Å². The van der Waals surface area contributed by atoms with Crippen molar-refractivity contribution in [1.29, 1.82) is 0 Å². The maximum absolute atomic E-state index is 12.4. The van der Waals surface area contributed by atoms with E-state index in [0.29, 0.717) is 18.8 Å². The molecule has 6 nitrogen and oxygen atoms in total. The summed E-state index contributed by atoms with van der Waals surface area (Å²) in [4.78, 5) is 3.79. The lowest BCUT2D eigenvalue weighted by molar-refractivity contribution is -0.154. The summed E-state index contributed by atoms with van der Waals surface area (Å²) in [6.07, 6.45) is -2.62. The Bertz CT molecular complexity index is 901. The largest absolute Gasteiger partial charge is 0.493 e. The number of ether oxygens (including phenoxy) is 2. The molecule has 0 unspecified atom stereocenters. The van der Waals surface area contributed by atoms with Crippen molar-refractivity contribution in [1.82, 2.24) is 9.71 Å². The number of hydrogen-bond acceptors (Lipinski definition) is 5. The number of pyridine rings is 1. The van der Waals surface area contributed by atoms with E-state index < -0.39 is 22.8 Å². The lowest BCUT2D eigenvalue weighted by Crippen LogP contribution is -2.25. The summed E-state index contributed by atoms with van der Waals surface area (Å²) in [6.45, 7) is -1.26. The quantitative estimate of drug-likeness (QED) is 0.823. The Hall–Kier alpha value is -2.33. The molecule has 10 heteroatoms. The van der Waals surface area contributed by atoms with Crippen LogP contribution in [0.15, 0.2) is 41.4 Å². The molecule has 1 aromatic heterocycles. The Kier molecular flexibility index (Phi) is 5.05. The minimum atomic E-state index is -4.51. The number of halogens is 3. The van der Waals surface area contributed by atoms with Crippen LogP contribution in [-0.4, -0.2) is 32.8 Å². The molecule has 0 saturated carbocycles. The average molecular weight is 388 g/mol. The van der Waals surface area contributed by atoms with E-state index in [-0.39, 0.29) is 22.9 Å². The van der Waals surface area contributed by atoms with Crippen molar-refractivity contribution >= 4 is 10.0 Å². The Morgan fingerprint density at radius 3 is 2.85 bits per heavy atom. The highest BCUT2D eigenvalue weighted by Gasteiger charge is 2.29. The summed E-state index contributed by atoms with van der Waals surface area (Å²) >= 11 is 0. The molecule has 0 spiro atoms. The number of hydrogen-bond donors (Lipinski definition) is 1. The molecule has 2 aromatic rings. The van der Waals surface area contributed by atoms with Crippen molar-refractivity contribution in [2.45, 2.75) is 24.0 Å². The van der Waals surface area contributed by atoms with Crippen molar-refractivity contribution in [2.75, 3.05) is 13.2 Å². The molecule has 0 aliphatic carbocycles. The fourth-order valence-electron chi connectivity index (χ4n) is 2.43. The van der Waals surface area contributed by atoms with Crippen LogP contribution < -0.4 is 14.2 Å². The van der Waals surface area contributed by atoms with Gasteiger partial charge in [-0.2, -0.15) is 13.2 Å². The highest BCUT2D eigenvalue weighted by molar-refractivity contribution is 7.89. The number of nitrogens with one attached hydrogen (secondary N) is 1. The van der Waals surface area contributed by atoms with Gasteiger partial charge in [0.2, 0.25) is 15.9 Å². The van der Waals surface area contributed by atoms with E-state index in [1.807, 2.05) is 0 Å². The Labute approximate surface area is 148 Å². The molecule has 1 aliphatic heterocycles. The van der Waals surface area contributed by atoms with Crippen molar-refractivity contribution in [3.05, 3.63) is 47.7 Å². The van der Waals surface area contributed by atoms with Crippen LogP contribution >= 0.6 is 0 Å².